The van der Waals surface area contributed by atoms with E-state index in [9.17, 15) is 10.1 Å². The highest BCUT2D eigenvalue weighted by Crippen LogP contribution is 2.39. The van der Waals surface area contributed by atoms with Crippen molar-refractivity contribution in [1.29, 1.82) is 0 Å². The molecule has 1 aliphatic rings. The van der Waals surface area contributed by atoms with Gasteiger partial charge in [-0.1, -0.05) is 22.9 Å². The van der Waals surface area contributed by atoms with Crippen molar-refractivity contribution in [1.82, 2.24) is 5.32 Å². The predicted molar refractivity (Wildman–Crippen MR) is 68.6 cm³/mol. The first kappa shape index (κ1) is 11.9. The van der Waals surface area contributed by atoms with Crippen LogP contribution in [-0.2, 0) is 0 Å². The molecule has 86 valence electrons. The maximum atomic E-state index is 11.0. The summed E-state index contributed by atoms with van der Waals surface area (Å²) in [5.74, 6) is 0. The van der Waals surface area contributed by atoms with Gasteiger partial charge < -0.3 is 5.32 Å². The fourth-order valence-corrected chi connectivity index (χ4v) is 3.23. The summed E-state index contributed by atoms with van der Waals surface area (Å²) in [5, 5.41) is 14.8. The Kier molecular flexibility index (Phi) is 3.51. The van der Waals surface area contributed by atoms with Gasteiger partial charge in [-0.3, -0.25) is 10.1 Å². The molecule has 2 atom stereocenters. The van der Waals surface area contributed by atoms with E-state index in [-0.39, 0.29) is 16.0 Å². The maximum absolute atomic E-state index is 11.0. The number of nitrogens with zero attached hydrogens (tertiary/aromatic N) is 1. The standard InChI is InChI=1S/C10H11BrN2O2S/c1-6-5-12-10(16-6)8-3-2-7(11)4-9(8)13(14)15/h2-4,6,10,12H,5H2,1H3. The molecular formula is C10H11BrN2O2S. The number of nitrogens with one attached hydrogen (secondary N) is 1. The molecular weight excluding hydrogens is 292 g/mol. The lowest BCUT2D eigenvalue weighted by molar-refractivity contribution is -0.385. The number of nitro benzene ring substituents is 1. The molecule has 2 rings (SSSR count). The molecule has 0 radical (unpaired) electrons. The van der Waals surface area contributed by atoms with Gasteiger partial charge in [0.1, 0.15) is 0 Å². The Balaban J connectivity index is 2.36. The highest BCUT2D eigenvalue weighted by atomic mass is 79.9. The average molecular weight is 303 g/mol. The van der Waals surface area contributed by atoms with Crippen LogP contribution in [0.3, 0.4) is 0 Å². The minimum atomic E-state index is -0.328. The lowest BCUT2D eigenvalue weighted by Gasteiger charge is -2.10. The highest BCUT2D eigenvalue weighted by molar-refractivity contribution is 9.10. The zero-order valence-electron chi connectivity index (χ0n) is 8.64. The lowest BCUT2D eigenvalue weighted by Crippen LogP contribution is -2.14. The summed E-state index contributed by atoms with van der Waals surface area (Å²) in [6.07, 6.45) is 0. The van der Waals surface area contributed by atoms with Gasteiger partial charge in [0.05, 0.1) is 15.9 Å². The molecule has 4 nitrogen and oxygen atoms in total. The van der Waals surface area contributed by atoms with E-state index < -0.39 is 0 Å². The highest BCUT2D eigenvalue weighted by Gasteiger charge is 2.28. The zero-order chi connectivity index (χ0) is 11.7. The maximum Gasteiger partial charge on any atom is 0.276 e. The van der Waals surface area contributed by atoms with Crippen molar-refractivity contribution < 1.29 is 4.92 Å². The summed E-state index contributed by atoms with van der Waals surface area (Å²) < 4.78 is 0.735. The molecule has 1 aromatic carbocycles. The number of thioether (sulfide) groups is 1. The topological polar surface area (TPSA) is 55.2 Å². The fourth-order valence-electron chi connectivity index (χ4n) is 1.68. The summed E-state index contributed by atoms with van der Waals surface area (Å²) in [7, 11) is 0. The first-order valence-corrected chi connectivity index (χ1v) is 6.64. The Morgan fingerprint density at radius 2 is 2.38 bits per heavy atom. The number of halogens is 1. The van der Waals surface area contributed by atoms with Crippen LogP contribution in [-0.4, -0.2) is 16.7 Å². The average Bonchev–Trinajstić information content (AvgIpc) is 2.64. The van der Waals surface area contributed by atoms with Crippen molar-refractivity contribution in [2.24, 2.45) is 0 Å². The molecule has 1 saturated heterocycles. The normalized spacial score (nSPS) is 24.6. The van der Waals surface area contributed by atoms with Crippen molar-refractivity contribution >= 4 is 33.4 Å². The van der Waals surface area contributed by atoms with E-state index in [1.807, 2.05) is 12.1 Å². The Labute approximate surface area is 106 Å². The van der Waals surface area contributed by atoms with Crippen LogP contribution >= 0.6 is 27.7 Å². The second kappa shape index (κ2) is 4.73. The number of benzene rings is 1. The molecule has 0 amide bonds. The Hall–Kier alpha value is -0.590. The third kappa shape index (κ3) is 2.39. The zero-order valence-corrected chi connectivity index (χ0v) is 11.0. The van der Waals surface area contributed by atoms with Crippen LogP contribution in [0.25, 0.3) is 0 Å². The number of hydrogen-bond donors (Lipinski definition) is 1. The number of hydrogen-bond acceptors (Lipinski definition) is 4. The molecule has 0 aliphatic carbocycles. The SMILES string of the molecule is CC1CNC(c2ccc(Br)cc2[N+](=O)[O-])S1. The summed E-state index contributed by atoms with van der Waals surface area (Å²) in [6, 6.07) is 5.21. The van der Waals surface area contributed by atoms with E-state index in [1.165, 1.54) is 0 Å². The van der Waals surface area contributed by atoms with Crippen molar-refractivity contribution in [3.63, 3.8) is 0 Å². The van der Waals surface area contributed by atoms with Crippen LogP contribution in [0, 0.1) is 10.1 Å². The Bertz CT molecular complexity index is 427. The van der Waals surface area contributed by atoms with Crippen molar-refractivity contribution in [3.05, 3.63) is 38.3 Å². The number of nitro groups is 1. The molecule has 1 aliphatic heterocycles. The third-order valence-electron chi connectivity index (χ3n) is 2.43. The summed E-state index contributed by atoms with van der Waals surface area (Å²) in [4.78, 5) is 10.6. The summed E-state index contributed by atoms with van der Waals surface area (Å²) in [6.45, 7) is 3.00. The van der Waals surface area contributed by atoms with Gasteiger partial charge in [0, 0.05) is 22.3 Å². The Morgan fingerprint density at radius 1 is 1.62 bits per heavy atom. The van der Waals surface area contributed by atoms with Crippen LogP contribution in [0.4, 0.5) is 5.69 Å². The molecule has 1 fully saturated rings. The lowest BCUT2D eigenvalue weighted by atomic mass is 10.2. The first-order chi connectivity index (χ1) is 7.58. The van der Waals surface area contributed by atoms with Gasteiger partial charge in [-0.25, -0.2) is 0 Å². The van der Waals surface area contributed by atoms with Gasteiger partial charge >= 0.3 is 0 Å². The molecule has 1 aromatic rings. The van der Waals surface area contributed by atoms with Crippen LogP contribution in [0.1, 0.15) is 17.9 Å². The van der Waals surface area contributed by atoms with Gasteiger partial charge in [0.25, 0.3) is 5.69 Å². The third-order valence-corrected chi connectivity index (χ3v) is 4.25. The van der Waals surface area contributed by atoms with Crippen molar-refractivity contribution in [3.8, 4) is 0 Å². The van der Waals surface area contributed by atoms with Crippen LogP contribution in [0.2, 0.25) is 0 Å². The molecule has 1 N–H and O–H groups in total. The van der Waals surface area contributed by atoms with Gasteiger partial charge in [-0.05, 0) is 12.1 Å². The van der Waals surface area contributed by atoms with Crippen molar-refractivity contribution in [2.45, 2.75) is 17.5 Å². The Morgan fingerprint density at radius 3 is 2.94 bits per heavy atom. The van der Waals surface area contributed by atoms with E-state index in [0.29, 0.717) is 5.25 Å². The molecule has 2 unspecified atom stereocenters. The van der Waals surface area contributed by atoms with Crippen LogP contribution in [0.5, 0.6) is 0 Å². The van der Waals surface area contributed by atoms with Gasteiger partial charge in [-0.15, -0.1) is 11.8 Å². The van der Waals surface area contributed by atoms with Gasteiger partial charge in [0.2, 0.25) is 0 Å². The molecule has 0 bridgehead atoms. The molecule has 1 heterocycles. The summed E-state index contributed by atoms with van der Waals surface area (Å²) in [5.41, 5.74) is 0.927. The molecule has 0 aromatic heterocycles. The predicted octanol–water partition coefficient (Wildman–Crippen LogP) is 3.08. The molecule has 6 heteroatoms. The summed E-state index contributed by atoms with van der Waals surface area (Å²) >= 11 is 4.98. The van der Waals surface area contributed by atoms with Gasteiger partial charge in [0.15, 0.2) is 0 Å². The first-order valence-electron chi connectivity index (χ1n) is 4.90. The minimum Gasteiger partial charge on any atom is -0.300 e. The van der Waals surface area contributed by atoms with E-state index in [1.54, 1.807) is 17.8 Å². The van der Waals surface area contributed by atoms with E-state index >= 15 is 0 Å². The molecule has 0 saturated carbocycles. The van der Waals surface area contributed by atoms with E-state index in [2.05, 4.69) is 28.2 Å². The second-order valence-electron chi connectivity index (χ2n) is 3.70. The van der Waals surface area contributed by atoms with Crippen LogP contribution in [0.15, 0.2) is 22.7 Å². The molecule has 0 spiro atoms. The largest absolute Gasteiger partial charge is 0.300 e. The van der Waals surface area contributed by atoms with Crippen LogP contribution < -0.4 is 5.32 Å². The van der Waals surface area contributed by atoms with E-state index in [4.69, 9.17) is 0 Å². The fraction of sp³-hybridized carbons (Fsp3) is 0.400. The number of rotatable bonds is 2. The smallest absolute Gasteiger partial charge is 0.276 e. The molecule has 16 heavy (non-hydrogen) atoms. The minimum absolute atomic E-state index is 0.0310. The quantitative estimate of drug-likeness (QED) is 0.674. The monoisotopic (exact) mass is 302 g/mol. The van der Waals surface area contributed by atoms with Gasteiger partial charge in [-0.2, -0.15) is 0 Å². The van der Waals surface area contributed by atoms with Crippen molar-refractivity contribution in [2.75, 3.05) is 6.54 Å². The second-order valence-corrected chi connectivity index (χ2v) is 6.16. The van der Waals surface area contributed by atoms with E-state index in [0.717, 1.165) is 16.6 Å².